The van der Waals surface area contributed by atoms with Gasteiger partial charge in [-0.05, 0) is 12.2 Å². The van der Waals surface area contributed by atoms with Crippen LogP contribution in [0.3, 0.4) is 0 Å². The van der Waals surface area contributed by atoms with Crippen molar-refractivity contribution >= 4 is 11.9 Å². The van der Waals surface area contributed by atoms with E-state index in [9.17, 15) is 9.59 Å². The fourth-order valence-electron chi connectivity index (χ4n) is 1.47. The standard InChI is InChI=1S/C14H12O4/c15-13(17-11-5-1-2-6-11)9-10-14(16)18-12-7-3-4-8-12/h1-5,7,9-10H,6,8H2/b10-9+. The Morgan fingerprint density at radius 2 is 1.33 bits per heavy atom. The first-order chi connectivity index (χ1) is 8.74. The molecule has 0 aromatic rings. The predicted octanol–water partition coefficient (Wildman–Crippen LogP) is 2.32. The molecule has 0 saturated carbocycles. The molecule has 0 fully saturated rings. The molecule has 0 unspecified atom stereocenters. The Kier molecular flexibility index (Phi) is 3.91. The summed E-state index contributed by atoms with van der Waals surface area (Å²) in [4.78, 5) is 22.7. The number of allylic oxidation sites excluding steroid dienone is 6. The summed E-state index contributed by atoms with van der Waals surface area (Å²) in [5, 5.41) is 0. The molecule has 0 amide bonds. The molecule has 0 heterocycles. The third-order valence-corrected chi connectivity index (χ3v) is 2.29. The minimum Gasteiger partial charge on any atom is -0.428 e. The molecule has 0 N–H and O–H groups in total. The van der Waals surface area contributed by atoms with Gasteiger partial charge in [-0.15, -0.1) is 0 Å². The van der Waals surface area contributed by atoms with Gasteiger partial charge in [0.2, 0.25) is 0 Å². The SMILES string of the molecule is O=C(/C=C/C(=O)OC1=CC=CC1)OC1=CC=CC1. The van der Waals surface area contributed by atoms with E-state index in [2.05, 4.69) is 0 Å². The van der Waals surface area contributed by atoms with Crippen LogP contribution in [0.1, 0.15) is 12.8 Å². The summed E-state index contributed by atoms with van der Waals surface area (Å²) >= 11 is 0. The van der Waals surface area contributed by atoms with Crippen molar-refractivity contribution in [3.63, 3.8) is 0 Å². The molecule has 0 aromatic heterocycles. The fraction of sp³-hybridized carbons (Fsp3) is 0.143. The van der Waals surface area contributed by atoms with Crippen molar-refractivity contribution < 1.29 is 19.1 Å². The van der Waals surface area contributed by atoms with Crippen molar-refractivity contribution in [3.8, 4) is 0 Å². The van der Waals surface area contributed by atoms with Gasteiger partial charge in [-0.3, -0.25) is 0 Å². The summed E-state index contributed by atoms with van der Waals surface area (Å²) in [6, 6.07) is 0. The van der Waals surface area contributed by atoms with Gasteiger partial charge in [0, 0.05) is 25.0 Å². The molecule has 0 aliphatic heterocycles. The maximum Gasteiger partial charge on any atom is 0.336 e. The first-order valence-electron chi connectivity index (χ1n) is 5.57. The van der Waals surface area contributed by atoms with Gasteiger partial charge in [0.1, 0.15) is 11.5 Å². The number of carbonyl (C=O) groups excluding carboxylic acids is 2. The van der Waals surface area contributed by atoms with Crippen molar-refractivity contribution in [1.29, 1.82) is 0 Å². The number of hydrogen-bond acceptors (Lipinski definition) is 4. The molecular weight excluding hydrogens is 232 g/mol. The maximum absolute atomic E-state index is 11.3. The van der Waals surface area contributed by atoms with Crippen LogP contribution in [0.15, 0.2) is 60.1 Å². The van der Waals surface area contributed by atoms with Crippen molar-refractivity contribution in [1.82, 2.24) is 0 Å². The lowest BCUT2D eigenvalue weighted by Crippen LogP contribution is -2.03. The number of esters is 2. The average Bonchev–Trinajstić information content (AvgIpc) is 2.99. The quantitative estimate of drug-likeness (QED) is 0.562. The van der Waals surface area contributed by atoms with E-state index in [0.29, 0.717) is 24.4 Å². The zero-order valence-corrected chi connectivity index (χ0v) is 9.67. The third kappa shape index (κ3) is 3.59. The van der Waals surface area contributed by atoms with Gasteiger partial charge < -0.3 is 9.47 Å². The second kappa shape index (κ2) is 5.82. The Balaban J connectivity index is 1.75. The fourth-order valence-corrected chi connectivity index (χ4v) is 1.47. The Labute approximate surface area is 105 Å². The van der Waals surface area contributed by atoms with Crippen molar-refractivity contribution in [2.45, 2.75) is 12.8 Å². The van der Waals surface area contributed by atoms with Gasteiger partial charge in [-0.1, -0.05) is 24.3 Å². The maximum atomic E-state index is 11.3. The Morgan fingerprint density at radius 1 is 0.889 bits per heavy atom. The second-order valence-corrected chi connectivity index (χ2v) is 3.71. The third-order valence-electron chi connectivity index (χ3n) is 2.29. The molecule has 4 heteroatoms. The van der Waals surface area contributed by atoms with Crippen LogP contribution >= 0.6 is 0 Å². The van der Waals surface area contributed by atoms with E-state index >= 15 is 0 Å². The van der Waals surface area contributed by atoms with Crippen LogP contribution in [0.4, 0.5) is 0 Å². The van der Waals surface area contributed by atoms with Crippen LogP contribution in [0.25, 0.3) is 0 Å². The van der Waals surface area contributed by atoms with Gasteiger partial charge in [-0.2, -0.15) is 0 Å². The molecule has 0 aromatic carbocycles. The highest BCUT2D eigenvalue weighted by Crippen LogP contribution is 2.13. The summed E-state index contributed by atoms with van der Waals surface area (Å²) in [5.41, 5.74) is 0. The molecule has 2 aliphatic rings. The van der Waals surface area contributed by atoms with Gasteiger partial charge >= 0.3 is 11.9 Å². The van der Waals surface area contributed by atoms with E-state index in [4.69, 9.17) is 9.47 Å². The van der Waals surface area contributed by atoms with Gasteiger partial charge in [0.05, 0.1) is 0 Å². The molecule has 0 bridgehead atoms. The molecule has 4 nitrogen and oxygen atoms in total. The van der Waals surface area contributed by atoms with Gasteiger partial charge in [0.25, 0.3) is 0 Å². The van der Waals surface area contributed by atoms with Crippen LogP contribution in [0.2, 0.25) is 0 Å². The molecule has 92 valence electrons. The lowest BCUT2D eigenvalue weighted by atomic mass is 10.4. The molecule has 0 atom stereocenters. The van der Waals surface area contributed by atoms with Crippen LogP contribution < -0.4 is 0 Å². The van der Waals surface area contributed by atoms with E-state index in [0.717, 1.165) is 12.2 Å². The number of rotatable bonds is 4. The molecule has 0 spiro atoms. The van der Waals surface area contributed by atoms with Gasteiger partial charge in [-0.25, -0.2) is 9.59 Å². The molecule has 2 rings (SSSR count). The predicted molar refractivity (Wildman–Crippen MR) is 65.0 cm³/mol. The summed E-state index contributed by atoms with van der Waals surface area (Å²) in [6.07, 6.45) is 14.1. The molecular formula is C14H12O4. The second-order valence-electron chi connectivity index (χ2n) is 3.71. The first-order valence-corrected chi connectivity index (χ1v) is 5.57. The van der Waals surface area contributed by atoms with Crippen molar-refractivity contribution in [2.75, 3.05) is 0 Å². The van der Waals surface area contributed by atoms with E-state index in [-0.39, 0.29) is 0 Å². The lowest BCUT2D eigenvalue weighted by Gasteiger charge is -2.01. The summed E-state index contributed by atoms with van der Waals surface area (Å²) in [6.45, 7) is 0. The molecule has 0 saturated heterocycles. The largest absolute Gasteiger partial charge is 0.428 e. The Hall–Kier alpha value is -2.36. The van der Waals surface area contributed by atoms with Crippen LogP contribution in [0.5, 0.6) is 0 Å². The average molecular weight is 244 g/mol. The normalized spacial score (nSPS) is 16.9. The van der Waals surface area contributed by atoms with E-state index in [1.807, 2.05) is 12.2 Å². The molecule has 2 aliphatic carbocycles. The lowest BCUT2D eigenvalue weighted by molar-refractivity contribution is -0.136. The minimum atomic E-state index is -0.583. The van der Waals surface area contributed by atoms with Crippen LogP contribution in [-0.2, 0) is 19.1 Å². The monoisotopic (exact) mass is 244 g/mol. The highest BCUT2D eigenvalue weighted by molar-refractivity contribution is 5.92. The van der Waals surface area contributed by atoms with Crippen molar-refractivity contribution in [3.05, 3.63) is 60.1 Å². The Morgan fingerprint density at radius 3 is 1.67 bits per heavy atom. The molecule has 18 heavy (non-hydrogen) atoms. The summed E-state index contributed by atoms with van der Waals surface area (Å²) < 4.78 is 9.94. The van der Waals surface area contributed by atoms with E-state index < -0.39 is 11.9 Å². The number of ether oxygens (including phenoxy) is 2. The summed E-state index contributed by atoms with van der Waals surface area (Å²) in [7, 11) is 0. The first kappa shape index (κ1) is 12.1. The number of hydrogen-bond donors (Lipinski definition) is 0. The van der Waals surface area contributed by atoms with Crippen LogP contribution in [0, 0.1) is 0 Å². The zero-order valence-electron chi connectivity index (χ0n) is 9.67. The highest BCUT2D eigenvalue weighted by atomic mass is 16.5. The smallest absolute Gasteiger partial charge is 0.336 e. The zero-order chi connectivity index (χ0) is 12.8. The molecule has 0 radical (unpaired) electrons. The Bertz CT molecular complexity index is 458. The van der Waals surface area contributed by atoms with Crippen LogP contribution in [-0.4, -0.2) is 11.9 Å². The van der Waals surface area contributed by atoms with E-state index in [1.54, 1.807) is 24.3 Å². The summed E-state index contributed by atoms with van der Waals surface area (Å²) in [5.74, 6) is -0.0257. The van der Waals surface area contributed by atoms with Crippen molar-refractivity contribution in [2.24, 2.45) is 0 Å². The van der Waals surface area contributed by atoms with Gasteiger partial charge in [0.15, 0.2) is 0 Å². The minimum absolute atomic E-state index is 0.570. The topological polar surface area (TPSA) is 52.6 Å². The number of carbonyl (C=O) groups is 2. The van der Waals surface area contributed by atoms with E-state index in [1.165, 1.54) is 0 Å². The highest BCUT2D eigenvalue weighted by Gasteiger charge is 2.08.